The second-order valence-corrected chi connectivity index (χ2v) is 11.1. The number of nitrogens with two attached hydrogens (primary N) is 2. The molecule has 228 valence electrons. The van der Waals surface area contributed by atoms with Crippen molar-refractivity contribution in [2.75, 3.05) is 17.6 Å². The van der Waals surface area contributed by atoms with Gasteiger partial charge in [-0.1, -0.05) is 59.2 Å². The SMILES string of the molecule is NCCCC(NC(=O)C(CSC(=O)Cc1ccccc1Nc1c(Cl)cccc1Cl)NC(=O)CCC(N)C(=O)O)C(=O)O. The fourth-order valence-corrected chi connectivity index (χ4v) is 4.98. The van der Waals surface area contributed by atoms with Crippen LogP contribution in [-0.2, 0) is 30.4 Å². The van der Waals surface area contributed by atoms with Gasteiger partial charge in [-0.3, -0.25) is 19.2 Å². The molecule has 2 aromatic carbocycles. The highest BCUT2D eigenvalue weighted by Crippen LogP contribution is 2.34. The minimum atomic E-state index is -1.29. The second kappa shape index (κ2) is 17.6. The van der Waals surface area contributed by atoms with Crippen LogP contribution in [0.4, 0.5) is 11.4 Å². The molecule has 2 aromatic rings. The number of rotatable bonds is 17. The van der Waals surface area contributed by atoms with Crippen molar-refractivity contribution < 1.29 is 34.2 Å². The van der Waals surface area contributed by atoms with E-state index in [0.717, 1.165) is 11.8 Å². The van der Waals surface area contributed by atoms with E-state index < -0.39 is 41.9 Å². The van der Waals surface area contributed by atoms with E-state index in [1.165, 1.54) is 0 Å². The Labute approximate surface area is 256 Å². The highest BCUT2D eigenvalue weighted by molar-refractivity contribution is 8.13. The molecule has 3 unspecified atom stereocenters. The number of carbonyl (C=O) groups excluding carboxylic acids is 3. The third-order valence-electron chi connectivity index (χ3n) is 5.95. The molecule has 0 spiro atoms. The number of benzene rings is 2. The molecule has 2 rings (SSSR count). The number of aliphatic carboxylic acids is 2. The summed E-state index contributed by atoms with van der Waals surface area (Å²) in [6, 6.07) is 8.21. The van der Waals surface area contributed by atoms with Gasteiger partial charge in [-0.05, 0) is 49.6 Å². The monoisotopic (exact) mass is 641 g/mol. The van der Waals surface area contributed by atoms with E-state index in [-0.39, 0.29) is 43.1 Å². The van der Waals surface area contributed by atoms with Crippen LogP contribution in [0.2, 0.25) is 10.0 Å². The molecule has 0 saturated carbocycles. The Morgan fingerprint density at radius 1 is 0.881 bits per heavy atom. The van der Waals surface area contributed by atoms with Gasteiger partial charge in [0.25, 0.3) is 0 Å². The van der Waals surface area contributed by atoms with Crippen molar-refractivity contribution >= 4 is 75.2 Å². The minimum absolute atomic E-state index is 0.0556. The van der Waals surface area contributed by atoms with Gasteiger partial charge in [0.15, 0.2) is 5.12 Å². The maximum atomic E-state index is 13.0. The van der Waals surface area contributed by atoms with Crippen molar-refractivity contribution in [3.05, 3.63) is 58.1 Å². The Bertz CT molecular complexity index is 1260. The number of nitrogens with one attached hydrogen (secondary N) is 3. The molecular weight excluding hydrogens is 609 g/mol. The van der Waals surface area contributed by atoms with Crippen molar-refractivity contribution in [3.8, 4) is 0 Å². The minimum Gasteiger partial charge on any atom is -0.480 e. The Morgan fingerprint density at radius 3 is 2.17 bits per heavy atom. The molecular formula is C27H33Cl2N5O7S. The van der Waals surface area contributed by atoms with Gasteiger partial charge in [-0.25, -0.2) is 4.79 Å². The fraction of sp³-hybridized carbons (Fsp3) is 0.370. The third-order valence-corrected chi connectivity index (χ3v) is 7.54. The van der Waals surface area contributed by atoms with Crippen molar-refractivity contribution in [3.63, 3.8) is 0 Å². The first-order valence-corrected chi connectivity index (χ1v) is 14.6. The first-order valence-electron chi connectivity index (χ1n) is 12.9. The largest absolute Gasteiger partial charge is 0.480 e. The number of halogens is 2. The lowest BCUT2D eigenvalue weighted by atomic mass is 10.1. The van der Waals surface area contributed by atoms with Crippen LogP contribution in [0.1, 0.15) is 31.2 Å². The molecule has 2 amide bonds. The van der Waals surface area contributed by atoms with Gasteiger partial charge in [0, 0.05) is 24.3 Å². The number of carboxylic acids is 2. The van der Waals surface area contributed by atoms with Gasteiger partial charge in [-0.15, -0.1) is 0 Å². The van der Waals surface area contributed by atoms with Crippen molar-refractivity contribution in [1.82, 2.24) is 10.6 Å². The normalized spacial score (nSPS) is 13.0. The second-order valence-electron chi connectivity index (χ2n) is 9.17. The Hall–Kier alpha value is -3.36. The van der Waals surface area contributed by atoms with Crippen molar-refractivity contribution in [1.29, 1.82) is 0 Å². The predicted molar refractivity (Wildman–Crippen MR) is 162 cm³/mol. The standard InChI is InChI=1S/C27H33Cl2N5O7S/c28-16-6-3-7-17(29)24(16)33-19-8-2-1-5-15(19)13-23(36)42-14-21(32-22(35)11-10-18(31)26(38)39)25(37)34-20(27(40)41)9-4-12-30/h1-3,5-8,18,20-21,33H,4,9-14,30-31H2,(H,32,35)(H,34,37)(H,38,39)(H,40,41). The molecule has 12 nitrogen and oxygen atoms in total. The summed E-state index contributed by atoms with van der Waals surface area (Å²) in [5.41, 5.74) is 12.6. The van der Waals surface area contributed by atoms with Crippen LogP contribution < -0.4 is 27.4 Å². The summed E-state index contributed by atoms with van der Waals surface area (Å²) in [7, 11) is 0. The molecule has 0 saturated heterocycles. The highest BCUT2D eigenvalue weighted by Gasteiger charge is 2.27. The van der Waals surface area contributed by atoms with E-state index in [0.29, 0.717) is 33.4 Å². The summed E-state index contributed by atoms with van der Waals surface area (Å²) in [6.45, 7) is 0.215. The number of para-hydroxylation sites is 2. The van der Waals surface area contributed by atoms with E-state index in [9.17, 15) is 29.1 Å². The summed E-state index contributed by atoms with van der Waals surface area (Å²) in [6.07, 6.45) is -0.136. The molecule has 15 heteroatoms. The zero-order valence-electron chi connectivity index (χ0n) is 22.5. The summed E-state index contributed by atoms with van der Waals surface area (Å²) >= 11 is 13.3. The number of anilines is 2. The molecule has 0 bridgehead atoms. The van der Waals surface area contributed by atoms with Gasteiger partial charge in [0.1, 0.15) is 18.1 Å². The molecule has 9 N–H and O–H groups in total. The molecule has 0 aliphatic rings. The Kier molecular flexibility index (Phi) is 14.6. The van der Waals surface area contributed by atoms with Crippen LogP contribution in [0.25, 0.3) is 0 Å². The van der Waals surface area contributed by atoms with Gasteiger partial charge in [0.2, 0.25) is 11.8 Å². The first-order chi connectivity index (χ1) is 19.9. The fourth-order valence-electron chi connectivity index (χ4n) is 3.64. The maximum absolute atomic E-state index is 13.0. The molecule has 3 atom stereocenters. The molecule has 0 fully saturated rings. The number of thioether (sulfide) groups is 1. The van der Waals surface area contributed by atoms with Gasteiger partial charge < -0.3 is 37.6 Å². The Morgan fingerprint density at radius 2 is 1.55 bits per heavy atom. The topological polar surface area (TPSA) is 214 Å². The first kappa shape index (κ1) is 34.8. The summed E-state index contributed by atoms with van der Waals surface area (Å²) in [4.78, 5) is 61.0. The lowest BCUT2D eigenvalue weighted by Gasteiger charge is -2.21. The smallest absolute Gasteiger partial charge is 0.326 e. The van der Waals surface area contributed by atoms with Crippen molar-refractivity contribution in [2.45, 2.75) is 50.2 Å². The average molecular weight is 643 g/mol. The van der Waals surface area contributed by atoms with Crippen LogP contribution in [0.15, 0.2) is 42.5 Å². The van der Waals surface area contributed by atoms with Crippen LogP contribution in [0.5, 0.6) is 0 Å². The molecule has 0 aliphatic carbocycles. The number of carbonyl (C=O) groups is 5. The van der Waals surface area contributed by atoms with E-state index in [1.54, 1.807) is 42.5 Å². The van der Waals surface area contributed by atoms with Gasteiger partial charge in [0.05, 0.1) is 15.7 Å². The highest BCUT2D eigenvalue weighted by atomic mass is 35.5. The molecule has 42 heavy (non-hydrogen) atoms. The summed E-state index contributed by atoms with van der Waals surface area (Å²) < 4.78 is 0. The van der Waals surface area contributed by atoms with Crippen LogP contribution in [0, 0.1) is 0 Å². The predicted octanol–water partition coefficient (Wildman–Crippen LogP) is 2.52. The summed E-state index contributed by atoms with van der Waals surface area (Å²) in [5, 5.41) is 26.8. The average Bonchev–Trinajstić information content (AvgIpc) is 2.94. The zero-order chi connectivity index (χ0) is 31.2. The lowest BCUT2D eigenvalue weighted by Crippen LogP contribution is -2.53. The van der Waals surface area contributed by atoms with E-state index in [4.69, 9.17) is 39.8 Å². The van der Waals surface area contributed by atoms with E-state index in [2.05, 4.69) is 16.0 Å². The zero-order valence-corrected chi connectivity index (χ0v) is 24.8. The van der Waals surface area contributed by atoms with E-state index >= 15 is 0 Å². The van der Waals surface area contributed by atoms with Crippen LogP contribution in [-0.4, -0.2) is 69.5 Å². The van der Waals surface area contributed by atoms with E-state index in [1.807, 2.05) is 0 Å². The number of hydrogen-bond acceptors (Lipinski definition) is 9. The molecule has 0 heterocycles. The van der Waals surface area contributed by atoms with Crippen LogP contribution in [0.3, 0.4) is 0 Å². The number of hydrogen-bond donors (Lipinski definition) is 7. The van der Waals surface area contributed by atoms with Crippen molar-refractivity contribution in [2.24, 2.45) is 11.5 Å². The summed E-state index contributed by atoms with van der Waals surface area (Å²) in [5.74, 6) is -4.27. The van der Waals surface area contributed by atoms with Gasteiger partial charge in [-0.2, -0.15) is 0 Å². The molecule has 0 aromatic heterocycles. The van der Waals surface area contributed by atoms with Gasteiger partial charge >= 0.3 is 11.9 Å². The maximum Gasteiger partial charge on any atom is 0.326 e. The third kappa shape index (κ3) is 11.5. The Balaban J connectivity index is 2.13. The quantitative estimate of drug-likeness (QED) is 0.133. The number of amides is 2. The van der Waals surface area contributed by atoms with Crippen LogP contribution >= 0.6 is 35.0 Å². The molecule has 0 aliphatic heterocycles. The number of carboxylic acid groups (broad SMARTS) is 2. The molecule has 0 radical (unpaired) electrons. The lowest BCUT2D eigenvalue weighted by molar-refractivity contribution is -0.142.